The van der Waals surface area contributed by atoms with E-state index in [1.807, 2.05) is 22.7 Å². The van der Waals surface area contributed by atoms with E-state index in [9.17, 15) is 0 Å². The molecule has 1 fully saturated rings. The molecule has 0 radical (unpaired) electrons. The molecule has 0 spiro atoms. The third kappa shape index (κ3) is 3.94. The molecule has 0 bridgehead atoms. The Labute approximate surface area is 134 Å². The van der Waals surface area contributed by atoms with Gasteiger partial charge >= 0.3 is 0 Å². The lowest BCUT2D eigenvalue weighted by Gasteiger charge is -2.33. The first kappa shape index (κ1) is 17.0. The van der Waals surface area contributed by atoms with Crippen LogP contribution in [0.3, 0.4) is 0 Å². The zero-order valence-corrected chi connectivity index (χ0v) is 13.7. The molecular formula is C13H18Cl2N2S2. The summed E-state index contributed by atoms with van der Waals surface area (Å²) in [6.07, 6.45) is 0. The van der Waals surface area contributed by atoms with Crippen molar-refractivity contribution in [2.75, 3.05) is 26.2 Å². The zero-order valence-electron chi connectivity index (χ0n) is 10.5. The van der Waals surface area contributed by atoms with E-state index in [1.54, 1.807) is 0 Å². The highest BCUT2D eigenvalue weighted by Gasteiger charge is 2.25. The molecule has 2 aromatic rings. The lowest BCUT2D eigenvalue weighted by molar-refractivity contribution is 0.203. The maximum absolute atomic E-state index is 3.43. The smallest absolute Gasteiger partial charge is 0.0790 e. The van der Waals surface area contributed by atoms with Crippen molar-refractivity contribution in [1.82, 2.24) is 10.2 Å². The molecule has 19 heavy (non-hydrogen) atoms. The van der Waals surface area contributed by atoms with Gasteiger partial charge in [-0.15, -0.1) is 47.5 Å². The molecule has 0 unspecified atom stereocenters. The van der Waals surface area contributed by atoms with Crippen LogP contribution < -0.4 is 5.32 Å². The predicted molar refractivity (Wildman–Crippen MR) is 89.4 cm³/mol. The minimum absolute atomic E-state index is 0. The normalized spacial score (nSPS) is 15.8. The summed E-state index contributed by atoms with van der Waals surface area (Å²) in [6, 6.07) is 9.30. The van der Waals surface area contributed by atoms with Crippen molar-refractivity contribution in [3.05, 3.63) is 44.8 Å². The van der Waals surface area contributed by atoms with Crippen molar-refractivity contribution in [2.45, 2.75) is 6.04 Å². The van der Waals surface area contributed by atoms with E-state index in [-0.39, 0.29) is 24.8 Å². The number of piperazine rings is 1. The Morgan fingerprint density at radius 1 is 0.947 bits per heavy atom. The van der Waals surface area contributed by atoms with Gasteiger partial charge < -0.3 is 5.32 Å². The minimum Gasteiger partial charge on any atom is -0.314 e. The fourth-order valence-corrected chi connectivity index (χ4v) is 4.16. The van der Waals surface area contributed by atoms with Gasteiger partial charge in [0.1, 0.15) is 0 Å². The van der Waals surface area contributed by atoms with Crippen LogP contribution in [0, 0.1) is 0 Å². The highest BCUT2D eigenvalue weighted by molar-refractivity contribution is 7.11. The quantitative estimate of drug-likeness (QED) is 0.920. The molecule has 3 heterocycles. The van der Waals surface area contributed by atoms with Crippen LogP contribution in [0.4, 0.5) is 0 Å². The number of thiophene rings is 2. The number of hydrogen-bond acceptors (Lipinski definition) is 4. The van der Waals surface area contributed by atoms with Gasteiger partial charge in [0.2, 0.25) is 0 Å². The van der Waals surface area contributed by atoms with E-state index in [0.29, 0.717) is 6.04 Å². The van der Waals surface area contributed by atoms with Gasteiger partial charge in [-0.1, -0.05) is 12.1 Å². The van der Waals surface area contributed by atoms with Gasteiger partial charge in [0.15, 0.2) is 0 Å². The average Bonchev–Trinajstić information content (AvgIpc) is 3.04. The van der Waals surface area contributed by atoms with Crippen LogP contribution in [0.15, 0.2) is 35.0 Å². The standard InChI is InChI=1S/C13H16N2S2.2ClH/c1-3-11(16-9-1)13(12-4-2-10-17-12)15-7-5-14-6-8-15;;/h1-4,9-10,13-14H,5-8H2;2*1H. The van der Waals surface area contributed by atoms with Gasteiger partial charge in [-0.25, -0.2) is 0 Å². The van der Waals surface area contributed by atoms with Gasteiger partial charge in [-0.2, -0.15) is 0 Å². The molecule has 6 heteroatoms. The fourth-order valence-electron chi connectivity index (χ4n) is 2.33. The molecule has 1 aliphatic heterocycles. The summed E-state index contributed by atoms with van der Waals surface area (Å²) in [4.78, 5) is 5.53. The summed E-state index contributed by atoms with van der Waals surface area (Å²) in [5, 5.41) is 7.78. The fraction of sp³-hybridized carbons (Fsp3) is 0.385. The second-order valence-electron chi connectivity index (χ2n) is 4.22. The first-order valence-corrected chi connectivity index (χ1v) is 7.72. The van der Waals surface area contributed by atoms with Gasteiger partial charge in [0.25, 0.3) is 0 Å². The van der Waals surface area contributed by atoms with E-state index < -0.39 is 0 Å². The summed E-state index contributed by atoms with van der Waals surface area (Å²) in [5.74, 6) is 0. The van der Waals surface area contributed by atoms with Crippen LogP contribution in [0.2, 0.25) is 0 Å². The van der Waals surface area contributed by atoms with Crippen LogP contribution in [0.5, 0.6) is 0 Å². The summed E-state index contributed by atoms with van der Waals surface area (Å²) >= 11 is 3.74. The molecular weight excluding hydrogens is 319 g/mol. The second-order valence-corrected chi connectivity index (χ2v) is 6.18. The molecule has 0 atom stereocenters. The molecule has 1 saturated heterocycles. The molecule has 1 N–H and O–H groups in total. The van der Waals surface area contributed by atoms with Crippen LogP contribution in [0.25, 0.3) is 0 Å². The van der Waals surface area contributed by atoms with E-state index in [1.165, 1.54) is 9.75 Å². The van der Waals surface area contributed by atoms with Gasteiger partial charge in [0.05, 0.1) is 6.04 Å². The van der Waals surface area contributed by atoms with E-state index >= 15 is 0 Å². The summed E-state index contributed by atoms with van der Waals surface area (Å²) in [6.45, 7) is 4.49. The number of nitrogens with one attached hydrogen (secondary N) is 1. The SMILES string of the molecule is Cl.Cl.c1csc(C(c2cccs2)N2CCNCC2)c1. The summed E-state index contributed by atoms with van der Waals surface area (Å²) in [5.41, 5.74) is 0. The average molecular weight is 337 g/mol. The lowest BCUT2D eigenvalue weighted by Crippen LogP contribution is -2.45. The largest absolute Gasteiger partial charge is 0.314 e. The zero-order chi connectivity index (χ0) is 11.5. The maximum atomic E-state index is 3.43. The molecule has 0 saturated carbocycles. The van der Waals surface area contributed by atoms with Crippen LogP contribution >= 0.6 is 47.5 Å². The molecule has 1 aliphatic rings. The summed E-state index contributed by atoms with van der Waals surface area (Å²) in [7, 11) is 0. The predicted octanol–water partition coefficient (Wildman–Crippen LogP) is 3.65. The first-order valence-electron chi connectivity index (χ1n) is 5.97. The molecule has 3 rings (SSSR count). The number of hydrogen-bond donors (Lipinski definition) is 1. The molecule has 0 aromatic carbocycles. The third-order valence-electron chi connectivity index (χ3n) is 3.14. The van der Waals surface area contributed by atoms with Crippen molar-refractivity contribution < 1.29 is 0 Å². The maximum Gasteiger partial charge on any atom is 0.0790 e. The Bertz CT molecular complexity index is 405. The molecule has 2 nitrogen and oxygen atoms in total. The lowest BCUT2D eigenvalue weighted by atomic mass is 10.1. The van der Waals surface area contributed by atoms with Crippen molar-refractivity contribution in [1.29, 1.82) is 0 Å². The van der Waals surface area contributed by atoms with Crippen LogP contribution in [-0.4, -0.2) is 31.1 Å². The number of nitrogens with zero attached hydrogens (tertiary/aromatic N) is 1. The monoisotopic (exact) mass is 336 g/mol. The minimum atomic E-state index is 0. The van der Waals surface area contributed by atoms with Crippen molar-refractivity contribution in [3.63, 3.8) is 0 Å². The Hall–Kier alpha value is -0.100. The molecule has 0 aliphatic carbocycles. The number of rotatable bonds is 3. The Morgan fingerprint density at radius 2 is 1.47 bits per heavy atom. The highest BCUT2D eigenvalue weighted by atomic mass is 35.5. The number of halogens is 2. The van der Waals surface area contributed by atoms with Gasteiger partial charge in [-0.05, 0) is 22.9 Å². The topological polar surface area (TPSA) is 15.3 Å². The Morgan fingerprint density at radius 3 is 1.89 bits per heavy atom. The second kappa shape index (κ2) is 8.25. The van der Waals surface area contributed by atoms with E-state index in [0.717, 1.165) is 26.2 Å². The van der Waals surface area contributed by atoms with Crippen LogP contribution in [-0.2, 0) is 0 Å². The molecule has 0 amide bonds. The third-order valence-corrected chi connectivity index (χ3v) is 4.99. The van der Waals surface area contributed by atoms with Gasteiger partial charge in [0, 0.05) is 35.9 Å². The van der Waals surface area contributed by atoms with Gasteiger partial charge in [-0.3, -0.25) is 4.90 Å². The molecule has 2 aromatic heterocycles. The van der Waals surface area contributed by atoms with Crippen LogP contribution in [0.1, 0.15) is 15.8 Å². The highest BCUT2D eigenvalue weighted by Crippen LogP contribution is 2.34. The Kier molecular flexibility index (Phi) is 7.36. The van der Waals surface area contributed by atoms with Crippen molar-refractivity contribution in [2.24, 2.45) is 0 Å². The van der Waals surface area contributed by atoms with E-state index in [2.05, 4.69) is 45.2 Å². The molecule has 106 valence electrons. The first-order chi connectivity index (χ1) is 8.45. The Balaban J connectivity index is 0.000000902. The van der Waals surface area contributed by atoms with Crippen molar-refractivity contribution in [3.8, 4) is 0 Å². The van der Waals surface area contributed by atoms with E-state index in [4.69, 9.17) is 0 Å². The van der Waals surface area contributed by atoms with Crippen molar-refractivity contribution >= 4 is 47.5 Å². The summed E-state index contributed by atoms with van der Waals surface area (Å²) < 4.78 is 0.